The van der Waals surface area contributed by atoms with E-state index in [0.29, 0.717) is 36.2 Å². The monoisotopic (exact) mass is 418 g/mol. The third-order valence-corrected chi connectivity index (χ3v) is 4.61. The van der Waals surface area contributed by atoms with Crippen LogP contribution in [0, 0.1) is 35.5 Å². The van der Waals surface area contributed by atoms with Crippen LogP contribution >= 0.6 is 11.6 Å². The Bertz CT molecular complexity index is 689. The number of allylic oxidation sites excluding steroid dienone is 4. The summed E-state index contributed by atoms with van der Waals surface area (Å²) in [6.07, 6.45) is 13.6. The first-order valence-corrected chi connectivity index (χ1v) is 10.6. The fourth-order valence-electron chi connectivity index (χ4n) is 2.43. The van der Waals surface area contributed by atoms with Gasteiger partial charge in [-0.2, -0.15) is 5.26 Å². The van der Waals surface area contributed by atoms with Crippen LogP contribution in [0.3, 0.4) is 0 Å². The van der Waals surface area contributed by atoms with Gasteiger partial charge in [-0.1, -0.05) is 25.4 Å². The molecule has 1 unspecified atom stereocenters. The maximum atomic E-state index is 11.9. The summed E-state index contributed by atoms with van der Waals surface area (Å²) in [6, 6.07) is 2.18. The van der Waals surface area contributed by atoms with Crippen molar-refractivity contribution in [3.63, 3.8) is 0 Å². The Hall–Kier alpha value is -2.17. The van der Waals surface area contributed by atoms with Crippen LogP contribution in [0.25, 0.3) is 0 Å². The number of nitrogens with zero attached hydrogens (tertiary/aromatic N) is 1. The number of nitriles is 1. The van der Waals surface area contributed by atoms with Crippen LogP contribution in [0.1, 0.15) is 73.1 Å². The van der Waals surface area contributed by atoms with Gasteiger partial charge in [0.05, 0.1) is 12.0 Å². The Morgan fingerprint density at radius 1 is 1.41 bits per heavy atom. The zero-order valence-electron chi connectivity index (χ0n) is 18.5. The van der Waals surface area contributed by atoms with Gasteiger partial charge in [0.1, 0.15) is 12.4 Å². The average molecular weight is 419 g/mol. The van der Waals surface area contributed by atoms with Crippen molar-refractivity contribution in [3.05, 3.63) is 34.2 Å². The first kappa shape index (κ1) is 26.8. The van der Waals surface area contributed by atoms with E-state index in [2.05, 4.69) is 23.7 Å². The molecule has 0 aromatic heterocycles. The summed E-state index contributed by atoms with van der Waals surface area (Å²) in [4.78, 5) is 11.9. The topological polar surface area (TPSA) is 62.1 Å². The van der Waals surface area contributed by atoms with Gasteiger partial charge >= 0.3 is 0 Å². The molecule has 4 nitrogen and oxygen atoms in total. The number of nitrogens with one attached hydrogen (secondary N) is 1. The predicted molar refractivity (Wildman–Crippen MR) is 121 cm³/mol. The molecule has 1 fully saturated rings. The molecule has 5 heteroatoms. The minimum atomic E-state index is -0.260. The van der Waals surface area contributed by atoms with Crippen molar-refractivity contribution in [1.82, 2.24) is 5.32 Å². The quantitative estimate of drug-likeness (QED) is 0.246. The smallest absolute Gasteiger partial charge is 0.224 e. The van der Waals surface area contributed by atoms with Gasteiger partial charge in [0.2, 0.25) is 5.91 Å². The highest BCUT2D eigenvalue weighted by atomic mass is 35.5. The fourth-order valence-corrected chi connectivity index (χ4v) is 2.53. The van der Waals surface area contributed by atoms with Gasteiger partial charge in [-0.05, 0) is 76.5 Å². The summed E-state index contributed by atoms with van der Waals surface area (Å²) >= 11 is 6.15. The number of halogens is 1. The van der Waals surface area contributed by atoms with Crippen LogP contribution in [0.15, 0.2) is 34.2 Å². The Labute approximate surface area is 182 Å². The van der Waals surface area contributed by atoms with Gasteiger partial charge in [-0.25, -0.2) is 0 Å². The summed E-state index contributed by atoms with van der Waals surface area (Å²) in [7, 11) is 0. The largest absolute Gasteiger partial charge is 0.489 e. The molecule has 1 saturated carbocycles. The minimum absolute atomic E-state index is 0.0427. The Balaban J connectivity index is 0.00000245. The summed E-state index contributed by atoms with van der Waals surface area (Å²) in [5.41, 5.74) is 1.99. The molecule has 0 spiro atoms. The van der Waals surface area contributed by atoms with Crippen molar-refractivity contribution in [2.24, 2.45) is 11.8 Å². The van der Waals surface area contributed by atoms with E-state index >= 15 is 0 Å². The van der Waals surface area contributed by atoms with Crippen LogP contribution in [-0.2, 0) is 9.53 Å². The van der Waals surface area contributed by atoms with Gasteiger partial charge in [0.15, 0.2) is 0 Å². The van der Waals surface area contributed by atoms with Crippen molar-refractivity contribution in [3.8, 4) is 18.4 Å². The van der Waals surface area contributed by atoms with E-state index in [-0.39, 0.29) is 11.8 Å². The summed E-state index contributed by atoms with van der Waals surface area (Å²) in [5, 5.41) is 12.7. The zero-order chi connectivity index (χ0) is 22.2. The number of carbonyl (C=O) groups excluding carboxylic acids is 1. The standard InChI is InChI=1S/C21H31ClN2O2.C3H4/c1-5-7-21(25)24-16(4)18(11-17-8-9-17)14-26-20(10-15(3)13-23)12-19(22)6-2;1-3-2/h10,12,15,17H,5-9,11,14H2,1-4H3,(H,24,25);1H,2H3/b18-16-,19-12+,20-10+;. The lowest BCUT2D eigenvalue weighted by Gasteiger charge is -2.16. The summed E-state index contributed by atoms with van der Waals surface area (Å²) < 4.78 is 5.98. The first-order valence-electron chi connectivity index (χ1n) is 10.3. The van der Waals surface area contributed by atoms with Crippen molar-refractivity contribution < 1.29 is 9.53 Å². The molecule has 1 aliphatic carbocycles. The normalized spacial score (nSPS) is 15.7. The third kappa shape index (κ3) is 13.6. The second kappa shape index (κ2) is 15.7. The molecule has 29 heavy (non-hydrogen) atoms. The number of carbonyl (C=O) groups is 1. The Morgan fingerprint density at radius 2 is 2.03 bits per heavy atom. The molecule has 0 heterocycles. The average Bonchev–Trinajstić information content (AvgIpc) is 3.49. The number of ether oxygens (including phenoxy) is 1. The van der Waals surface area contributed by atoms with Crippen LogP contribution in [-0.4, -0.2) is 12.5 Å². The molecule has 0 aliphatic heterocycles. The van der Waals surface area contributed by atoms with Gasteiger partial charge in [-0.15, -0.1) is 12.3 Å². The molecule has 0 aromatic rings. The van der Waals surface area contributed by atoms with E-state index in [4.69, 9.17) is 21.6 Å². The number of rotatable bonds is 11. The summed E-state index contributed by atoms with van der Waals surface area (Å²) in [5.74, 6) is 3.32. The van der Waals surface area contributed by atoms with E-state index in [1.54, 1.807) is 19.1 Å². The molecule has 160 valence electrons. The molecule has 1 atom stereocenters. The van der Waals surface area contributed by atoms with Gasteiger partial charge < -0.3 is 10.1 Å². The number of hydrogen-bond donors (Lipinski definition) is 1. The maximum Gasteiger partial charge on any atom is 0.224 e. The molecule has 0 bridgehead atoms. The second-order valence-electron chi connectivity index (χ2n) is 7.18. The number of amides is 1. The zero-order valence-corrected chi connectivity index (χ0v) is 19.2. The van der Waals surface area contributed by atoms with Crippen LogP contribution in [0.2, 0.25) is 0 Å². The summed E-state index contributed by atoms with van der Waals surface area (Å²) in [6.45, 7) is 9.75. The van der Waals surface area contributed by atoms with Crippen molar-refractivity contribution in [1.29, 1.82) is 5.26 Å². The molecule has 0 aromatic carbocycles. The Morgan fingerprint density at radius 3 is 2.52 bits per heavy atom. The molecule has 1 aliphatic rings. The molecule has 0 radical (unpaired) electrons. The van der Waals surface area contributed by atoms with Crippen molar-refractivity contribution in [2.45, 2.75) is 73.1 Å². The van der Waals surface area contributed by atoms with Crippen molar-refractivity contribution >= 4 is 17.5 Å². The lowest BCUT2D eigenvalue weighted by atomic mass is 10.1. The van der Waals surface area contributed by atoms with Crippen LogP contribution in [0.5, 0.6) is 0 Å². The predicted octanol–water partition coefficient (Wildman–Crippen LogP) is 6.21. The lowest BCUT2D eigenvalue weighted by Crippen LogP contribution is -2.23. The molecular weight excluding hydrogens is 384 g/mol. The van der Waals surface area contributed by atoms with E-state index in [0.717, 1.165) is 24.1 Å². The maximum absolute atomic E-state index is 11.9. The SMILES string of the molecule is C#CC.CCCC(=O)N/C(C)=C(\COC(/C=C(/Cl)CC)=C/C(C)C#N)CC1CC1. The van der Waals surface area contributed by atoms with Gasteiger partial charge in [0, 0.05) is 17.2 Å². The molecule has 1 N–H and O–H groups in total. The van der Waals surface area contributed by atoms with E-state index in [1.807, 2.05) is 27.7 Å². The van der Waals surface area contributed by atoms with Gasteiger partial charge in [-0.3, -0.25) is 4.79 Å². The minimum Gasteiger partial charge on any atom is -0.489 e. The molecule has 1 amide bonds. The van der Waals surface area contributed by atoms with Crippen LogP contribution in [0.4, 0.5) is 0 Å². The molecule has 0 saturated heterocycles. The molecule has 1 rings (SSSR count). The highest BCUT2D eigenvalue weighted by molar-refractivity contribution is 6.29. The highest BCUT2D eigenvalue weighted by Gasteiger charge is 2.24. The fraction of sp³-hybridized carbons (Fsp3) is 0.583. The lowest BCUT2D eigenvalue weighted by molar-refractivity contribution is -0.120. The number of terminal acetylenes is 1. The van der Waals surface area contributed by atoms with E-state index in [9.17, 15) is 4.79 Å². The first-order chi connectivity index (χ1) is 13.8. The number of hydrogen-bond acceptors (Lipinski definition) is 3. The Kier molecular flexibility index (Phi) is 14.5. The van der Waals surface area contributed by atoms with E-state index in [1.165, 1.54) is 12.8 Å². The van der Waals surface area contributed by atoms with E-state index < -0.39 is 0 Å². The van der Waals surface area contributed by atoms with Crippen LogP contribution < -0.4 is 5.32 Å². The van der Waals surface area contributed by atoms with Crippen molar-refractivity contribution in [2.75, 3.05) is 6.61 Å². The highest BCUT2D eigenvalue weighted by Crippen LogP contribution is 2.36. The second-order valence-corrected chi connectivity index (χ2v) is 7.67. The van der Waals surface area contributed by atoms with Gasteiger partial charge in [0.25, 0.3) is 0 Å². The molecular formula is C24H35ClN2O2. The third-order valence-electron chi connectivity index (χ3n) is 4.23.